The third kappa shape index (κ3) is 5.79. The molecule has 1 aromatic rings. The fourth-order valence-electron chi connectivity index (χ4n) is 7.86. The molecule has 8 heteroatoms. The maximum Gasteiger partial charge on any atom is 0.246 e. The molecule has 1 spiro atoms. The number of piperazine rings is 1. The maximum atomic E-state index is 13.9. The van der Waals surface area contributed by atoms with E-state index in [0.29, 0.717) is 31.8 Å². The molecule has 4 aliphatic rings. The monoisotopic (exact) mass is 541 g/mol. The summed E-state index contributed by atoms with van der Waals surface area (Å²) in [6, 6.07) is -0.0865. The second-order valence-corrected chi connectivity index (χ2v) is 13.1. The SMILES string of the molecule is CCCCN1C(=O)[C@@H](CC2(O)CCCCC2)NC(=O)C12CCN(Cc1c(C)nn(C3CCCCC3)c1C)CC2. The van der Waals surface area contributed by atoms with Crippen molar-refractivity contribution in [1.82, 2.24) is 24.9 Å². The van der Waals surface area contributed by atoms with Gasteiger partial charge in [-0.05, 0) is 58.8 Å². The molecule has 0 radical (unpaired) electrons. The zero-order valence-corrected chi connectivity index (χ0v) is 24.6. The van der Waals surface area contributed by atoms with Gasteiger partial charge in [0.15, 0.2) is 0 Å². The smallest absolute Gasteiger partial charge is 0.246 e. The number of nitrogens with zero attached hydrogens (tertiary/aromatic N) is 4. The number of unbranched alkanes of at least 4 members (excludes halogenated alkanes) is 1. The first-order valence-electron chi connectivity index (χ1n) is 15.9. The molecule has 2 saturated carbocycles. The Bertz CT molecular complexity index is 1020. The van der Waals surface area contributed by atoms with Crippen LogP contribution in [0.1, 0.15) is 126 Å². The van der Waals surface area contributed by atoms with Crippen LogP contribution in [0.2, 0.25) is 0 Å². The van der Waals surface area contributed by atoms with Gasteiger partial charge in [-0.25, -0.2) is 0 Å². The largest absolute Gasteiger partial charge is 0.390 e. The molecular weight excluding hydrogens is 490 g/mol. The van der Waals surface area contributed by atoms with E-state index in [9.17, 15) is 14.7 Å². The first kappa shape index (κ1) is 28.6. The number of aryl methyl sites for hydroxylation is 1. The van der Waals surface area contributed by atoms with Crippen molar-refractivity contribution in [2.75, 3.05) is 19.6 Å². The average Bonchev–Trinajstić information content (AvgIpc) is 3.22. The fourth-order valence-corrected chi connectivity index (χ4v) is 7.86. The Hall–Kier alpha value is -1.93. The van der Waals surface area contributed by atoms with Crippen molar-refractivity contribution in [2.24, 2.45) is 0 Å². The van der Waals surface area contributed by atoms with E-state index in [1.54, 1.807) is 0 Å². The van der Waals surface area contributed by atoms with Gasteiger partial charge in [0, 0.05) is 43.9 Å². The molecule has 2 aliphatic heterocycles. The third-order valence-electron chi connectivity index (χ3n) is 10.4. The summed E-state index contributed by atoms with van der Waals surface area (Å²) >= 11 is 0. The van der Waals surface area contributed by atoms with Crippen LogP contribution in [0, 0.1) is 13.8 Å². The summed E-state index contributed by atoms with van der Waals surface area (Å²) in [5.41, 5.74) is 2.12. The minimum Gasteiger partial charge on any atom is -0.390 e. The van der Waals surface area contributed by atoms with E-state index in [-0.39, 0.29) is 11.8 Å². The van der Waals surface area contributed by atoms with Gasteiger partial charge < -0.3 is 15.3 Å². The third-order valence-corrected chi connectivity index (χ3v) is 10.4. The molecule has 4 fully saturated rings. The Labute approximate surface area is 234 Å². The lowest BCUT2D eigenvalue weighted by Gasteiger charge is -2.52. The Balaban J connectivity index is 1.27. The number of likely N-dealkylation sites (tertiary alicyclic amines) is 1. The number of carbonyl (C=O) groups excluding carboxylic acids is 2. The summed E-state index contributed by atoms with van der Waals surface area (Å²) < 4.78 is 2.29. The molecule has 2 amide bonds. The molecule has 1 atom stereocenters. The molecule has 0 unspecified atom stereocenters. The standard InChI is InChI=1S/C31H51N5O3/c1-4-5-18-35-28(37)27(21-30(39)14-10-7-11-15-30)32-29(38)31(35)16-19-34(20-17-31)22-26-23(2)33-36(24(26)3)25-12-8-6-9-13-25/h25,27,39H,4-22H2,1-3H3,(H,32,38)/t27-/m1/s1. The van der Waals surface area contributed by atoms with Crippen molar-refractivity contribution >= 4 is 11.8 Å². The minimum absolute atomic E-state index is 0.0101. The molecule has 2 saturated heterocycles. The molecule has 218 valence electrons. The number of rotatable bonds is 8. The summed E-state index contributed by atoms with van der Waals surface area (Å²) in [6.07, 6.45) is 14.4. The van der Waals surface area contributed by atoms with Crippen LogP contribution < -0.4 is 5.32 Å². The van der Waals surface area contributed by atoms with Crippen LogP contribution in [0.25, 0.3) is 0 Å². The summed E-state index contributed by atoms with van der Waals surface area (Å²) in [4.78, 5) is 32.0. The molecule has 8 nitrogen and oxygen atoms in total. The topological polar surface area (TPSA) is 90.7 Å². The van der Waals surface area contributed by atoms with E-state index in [1.165, 1.54) is 43.4 Å². The molecule has 1 aromatic heterocycles. The van der Waals surface area contributed by atoms with E-state index >= 15 is 0 Å². The van der Waals surface area contributed by atoms with Crippen molar-refractivity contribution in [1.29, 1.82) is 0 Å². The van der Waals surface area contributed by atoms with Crippen LogP contribution in [0.4, 0.5) is 0 Å². The van der Waals surface area contributed by atoms with Gasteiger partial charge in [0.25, 0.3) is 0 Å². The van der Waals surface area contributed by atoms with Gasteiger partial charge in [0.05, 0.1) is 17.3 Å². The Kier molecular flexibility index (Phi) is 8.72. The highest BCUT2D eigenvalue weighted by atomic mass is 16.3. The molecular formula is C31H51N5O3. The van der Waals surface area contributed by atoms with Gasteiger partial charge in [0.1, 0.15) is 11.6 Å². The highest BCUT2D eigenvalue weighted by Gasteiger charge is 2.54. The van der Waals surface area contributed by atoms with E-state index < -0.39 is 17.2 Å². The molecule has 0 bridgehead atoms. The number of nitrogens with one attached hydrogen (secondary N) is 1. The predicted molar refractivity (Wildman–Crippen MR) is 152 cm³/mol. The van der Waals surface area contributed by atoms with Crippen LogP contribution in [0.15, 0.2) is 0 Å². The van der Waals surface area contributed by atoms with Crippen molar-refractivity contribution in [2.45, 2.75) is 147 Å². The van der Waals surface area contributed by atoms with Crippen LogP contribution in [0.3, 0.4) is 0 Å². The van der Waals surface area contributed by atoms with E-state index in [1.807, 2.05) is 4.90 Å². The predicted octanol–water partition coefficient (Wildman–Crippen LogP) is 4.55. The normalized spacial score (nSPS) is 26.3. The average molecular weight is 542 g/mol. The summed E-state index contributed by atoms with van der Waals surface area (Å²) in [6.45, 7) is 9.51. The quantitative estimate of drug-likeness (QED) is 0.504. The van der Waals surface area contributed by atoms with Crippen molar-refractivity contribution < 1.29 is 14.7 Å². The highest BCUT2D eigenvalue weighted by molar-refractivity contribution is 6.00. The molecule has 3 heterocycles. The van der Waals surface area contributed by atoms with Crippen LogP contribution in [-0.4, -0.2) is 73.3 Å². The van der Waals surface area contributed by atoms with E-state index in [4.69, 9.17) is 5.10 Å². The van der Waals surface area contributed by atoms with Gasteiger partial charge in [-0.3, -0.25) is 19.2 Å². The van der Waals surface area contributed by atoms with E-state index in [0.717, 1.165) is 70.3 Å². The molecule has 39 heavy (non-hydrogen) atoms. The first-order valence-corrected chi connectivity index (χ1v) is 15.9. The number of carbonyl (C=O) groups is 2. The van der Waals surface area contributed by atoms with Gasteiger partial charge in [-0.2, -0.15) is 5.10 Å². The maximum absolute atomic E-state index is 13.9. The number of aliphatic hydroxyl groups is 1. The zero-order valence-electron chi connectivity index (χ0n) is 24.6. The number of amides is 2. The highest BCUT2D eigenvalue weighted by Crippen LogP contribution is 2.38. The van der Waals surface area contributed by atoms with Gasteiger partial charge in [0.2, 0.25) is 11.8 Å². The lowest BCUT2D eigenvalue weighted by molar-refractivity contribution is -0.163. The zero-order chi connectivity index (χ0) is 27.6. The van der Waals surface area contributed by atoms with Crippen molar-refractivity contribution in [3.8, 4) is 0 Å². The fraction of sp³-hybridized carbons (Fsp3) is 0.839. The van der Waals surface area contributed by atoms with Crippen molar-refractivity contribution in [3.05, 3.63) is 17.0 Å². The second kappa shape index (κ2) is 11.9. The van der Waals surface area contributed by atoms with Gasteiger partial charge in [-0.1, -0.05) is 51.9 Å². The summed E-state index contributed by atoms with van der Waals surface area (Å²) in [5, 5.41) is 19.2. The van der Waals surface area contributed by atoms with Gasteiger partial charge >= 0.3 is 0 Å². The number of piperidine rings is 1. The van der Waals surface area contributed by atoms with E-state index in [2.05, 4.69) is 35.7 Å². The van der Waals surface area contributed by atoms with Crippen LogP contribution >= 0.6 is 0 Å². The molecule has 2 N–H and O–H groups in total. The summed E-state index contributed by atoms with van der Waals surface area (Å²) in [7, 11) is 0. The summed E-state index contributed by atoms with van der Waals surface area (Å²) in [5.74, 6) is -0.00399. The minimum atomic E-state index is -0.839. The Morgan fingerprint density at radius 2 is 1.64 bits per heavy atom. The number of hydrogen-bond acceptors (Lipinski definition) is 5. The Morgan fingerprint density at radius 3 is 2.31 bits per heavy atom. The molecule has 0 aromatic carbocycles. The first-order chi connectivity index (χ1) is 18.8. The second-order valence-electron chi connectivity index (χ2n) is 13.1. The lowest BCUT2D eigenvalue weighted by Crippen LogP contribution is -2.73. The van der Waals surface area contributed by atoms with Crippen LogP contribution in [0.5, 0.6) is 0 Å². The number of aromatic nitrogens is 2. The Morgan fingerprint density at radius 1 is 0.974 bits per heavy atom. The molecule has 5 rings (SSSR count). The van der Waals surface area contributed by atoms with Crippen LogP contribution in [-0.2, 0) is 16.1 Å². The van der Waals surface area contributed by atoms with Crippen molar-refractivity contribution in [3.63, 3.8) is 0 Å². The van der Waals surface area contributed by atoms with Gasteiger partial charge in [-0.15, -0.1) is 0 Å². The molecule has 2 aliphatic carbocycles. The number of hydrogen-bond donors (Lipinski definition) is 2. The lowest BCUT2D eigenvalue weighted by atomic mass is 9.77.